The van der Waals surface area contributed by atoms with Gasteiger partial charge in [-0.3, -0.25) is 4.79 Å². The maximum absolute atomic E-state index is 13.9. The fourth-order valence-corrected chi connectivity index (χ4v) is 4.44. The third-order valence-corrected chi connectivity index (χ3v) is 6.63. The average Bonchev–Trinajstić information content (AvgIpc) is 2.95. The van der Waals surface area contributed by atoms with E-state index in [1.807, 2.05) is 37.3 Å². The Morgan fingerprint density at radius 3 is 2.36 bits per heavy atom. The van der Waals surface area contributed by atoms with Crippen LogP contribution in [0.4, 0.5) is 17.6 Å². The molecule has 0 heterocycles. The monoisotopic (exact) mass is 580 g/mol. The quantitative estimate of drug-likeness (QED) is 0.137. The first-order chi connectivity index (χ1) is 20.1. The minimum atomic E-state index is -4.68. The van der Waals surface area contributed by atoms with Crippen molar-refractivity contribution in [2.75, 3.05) is 13.1 Å². The first-order valence-corrected chi connectivity index (χ1v) is 13.4. The zero-order valence-corrected chi connectivity index (χ0v) is 23.4. The van der Waals surface area contributed by atoms with Crippen LogP contribution < -0.4 is 20.1 Å². The van der Waals surface area contributed by atoms with Crippen molar-refractivity contribution in [2.45, 2.75) is 39.8 Å². The molecule has 0 saturated heterocycles. The highest BCUT2D eigenvalue weighted by Gasteiger charge is 2.31. The van der Waals surface area contributed by atoms with E-state index >= 15 is 0 Å². The lowest BCUT2D eigenvalue weighted by atomic mass is 9.97. The SMILES string of the molecule is CC(=O)NCCNCc1ccc(OCc2cccc(-c3ccccc3)c2C)cc1OCc1cc(F)cc(C(F)(F)F)c1. The first-order valence-electron chi connectivity index (χ1n) is 13.4. The van der Waals surface area contributed by atoms with Gasteiger partial charge in [0.2, 0.25) is 5.91 Å². The zero-order valence-electron chi connectivity index (χ0n) is 23.4. The molecular weight excluding hydrogens is 548 g/mol. The third-order valence-electron chi connectivity index (χ3n) is 6.63. The van der Waals surface area contributed by atoms with Crippen molar-refractivity contribution >= 4 is 5.91 Å². The van der Waals surface area contributed by atoms with Gasteiger partial charge in [0, 0.05) is 38.2 Å². The fraction of sp³-hybridized carbons (Fsp3) is 0.242. The van der Waals surface area contributed by atoms with E-state index < -0.39 is 17.6 Å². The summed E-state index contributed by atoms with van der Waals surface area (Å²) in [6.45, 7) is 4.77. The number of hydrogen-bond acceptors (Lipinski definition) is 4. The molecule has 220 valence electrons. The summed E-state index contributed by atoms with van der Waals surface area (Å²) in [6, 6.07) is 23.7. The summed E-state index contributed by atoms with van der Waals surface area (Å²) in [7, 11) is 0. The Labute approximate surface area is 242 Å². The number of ether oxygens (including phenoxy) is 2. The Hall–Kier alpha value is -4.37. The van der Waals surface area contributed by atoms with Gasteiger partial charge in [0.25, 0.3) is 0 Å². The predicted molar refractivity (Wildman–Crippen MR) is 154 cm³/mol. The highest BCUT2D eigenvalue weighted by molar-refractivity contribution is 5.72. The normalized spacial score (nSPS) is 11.3. The molecule has 4 aromatic carbocycles. The van der Waals surface area contributed by atoms with E-state index in [9.17, 15) is 22.4 Å². The zero-order chi connectivity index (χ0) is 30.1. The van der Waals surface area contributed by atoms with Crippen LogP contribution in [0.5, 0.6) is 11.5 Å². The summed E-state index contributed by atoms with van der Waals surface area (Å²) in [5.41, 5.74) is 4.00. The largest absolute Gasteiger partial charge is 0.489 e. The smallest absolute Gasteiger partial charge is 0.416 e. The summed E-state index contributed by atoms with van der Waals surface area (Å²) in [4.78, 5) is 11.1. The van der Waals surface area contributed by atoms with Crippen molar-refractivity contribution in [1.82, 2.24) is 10.6 Å². The summed E-state index contributed by atoms with van der Waals surface area (Å²) in [5, 5.41) is 5.89. The van der Waals surface area contributed by atoms with Gasteiger partial charge in [0.15, 0.2) is 0 Å². The Morgan fingerprint density at radius 2 is 1.62 bits per heavy atom. The molecule has 0 spiro atoms. The van der Waals surface area contributed by atoms with Crippen LogP contribution >= 0.6 is 0 Å². The molecule has 2 N–H and O–H groups in total. The topological polar surface area (TPSA) is 59.6 Å². The van der Waals surface area contributed by atoms with Gasteiger partial charge in [-0.05, 0) is 59.0 Å². The van der Waals surface area contributed by atoms with Gasteiger partial charge in [-0.2, -0.15) is 13.2 Å². The molecule has 0 saturated carbocycles. The lowest BCUT2D eigenvalue weighted by Gasteiger charge is -2.17. The fourth-order valence-electron chi connectivity index (χ4n) is 4.44. The molecule has 0 aliphatic heterocycles. The van der Waals surface area contributed by atoms with Crippen LogP contribution in [-0.2, 0) is 30.7 Å². The van der Waals surface area contributed by atoms with Crippen molar-refractivity contribution in [2.24, 2.45) is 0 Å². The van der Waals surface area contributed by atoms with Crippen LogP contribution in [0.2, 0.25) is 0 Å². The summed E-state index contributed by atoms with van der Waals surface area (Å²) < 4.78 is 65.5. The van der Waals surface area contributed by atoms with Crippen LogP contribution in [0.3, 0.4) is 0 Å². The van der Waals surface area contributed by atoms with Gasteiger partial charge >= 0.3 is 6.18 Å². The van der Waals surface area contributed by atoms with E-state index in [0.29, 0.717) is 43.8 Å². The Bertz CT molecular complexity index is 1510. The molecule has 9 heteroatoms. The molecule has 1 amide bonds. The first kappa shape index (κ1) is 30.6. The van der Waals surface area contributed by atoms with E-state index in [-0.39, 0.29) is 18.1 Å². The highest BCUT2D eigenvalue weighted by atomic mass is 19.4. The molecule has 0 atom stereocenters. The molecule has 4 aromatic rings. The molecule has 5 nitrogen and oxygen atoms in total. The summed E-state index contributed by atoms with van der Waals surface area (Å²) in [5.74, 6) is -0.243. The van der Waals surface area contributed by atoms with Gasteiger partial charge < -0.3 is 20.1 Å². The number of amides is 1. The highest BCUT2D eigenvalue weighted by Crippen LogP contribution is 2.32. The van der Waals surface area contributed by atoms with E-state index in [0.717, 1.165) is 39.9 Å². The van der Waals surface area contributed by atoms with Crippen LogP contribution in [0.1, 0.15) is 34.7 Å². The minimum absolute atomic E-state index is 0.0477. The van der Waals surface area contributed by atoms with Crippen molar-refractivity contribution < 1.29 is 31.8 Å². The Kier molecular flexibility index (Phi) is 10.2. The molecule has 0 bridgehead atoms. The number of benzene rings is 4. The second kappa shape index (κ2) is 14.0. The van der Waals surface area contributed by atoms with Crippen molar-refractivity contribution in [3.8, 4) is 22.6 Å². The Balaban J connectivity index is 1.51. The maximum atomic E-state index is 13.9. The lowest BCUT2D eigenvalue weighted by molar-refractivity contribution is -0.137. The van der Waals surface area contributed by atoms with Gasteiger partial charge in [-0.1, -0.05) is 54.6 Å². The second-order valence-corrected chi connectivity index (χ2v) is 9.81. The van der Waals surface area contributed by atoms with E-state index in [1.54, 1.807) is 18.2 Å². The summed E-state index contributed by atoms with van der Waals surface area (Å²) in [6.07, 6.45) is -4.68. The van der Waals surface area contributed by atoms with E-state index in [2.05, 4.69) is 28.8 Å². The van der Waals surface area contributed by atoms with Crippen LogP contribution in [-0.4, -0.2) is 19.0 Å². The number of hydrogen-bond donors (Lipinski definition) is 2. The number of carbonyl (C=O) groups is 1. The number of nitrogens with one attached hydrogen (secondary N) is 2. The number of alkyl halides is 3. The van der Waals surface area contributed by atoms with Crippen molar-refractivity contribution in [1.29, 1.82) is 0 Å². The standard InChI is InChI=1S/C33H32F4N2O3/c1-22-27(9-6-10-31(22)25-7-4-3-5-8-25)21-41-30-12-11-26(19-38-13-14-39-23(2)40)32(18-30)42-20-24-15-28(33(35,36)37)17-29(34)16-24/h3-12,15-18,38H,13-14,19-21H2,1-2H3,(H,39,40). The van der Waals surface area contributed by atoms with E-state index in [1.165, 1.54) is 6.92 Å². The molecule has 0 aliphatic rings. The van der Waals surface area contributed by atoms with Gasteiger partial charge in [-0.15, -0.1) is 0 Å². The van der Waals surface area contributed by atoms with Crippen LogP contribution in [0.15, 0.2) is 84.9 Å². The number of halogens is 4. The molecular formula is C33H32F4N2O3. The molecule has 4 rings (SSSR count). The van der Waals surface area contributed by atoms with Crippen molar-refractivity contribution in [3.63, 3.8) is 0 Å². The van der Waals surface area contributed by atoms with E-state index in [4.69, 9.17) is 9.47 Å². The molecule has 0 aliphatic carbocycles. The lowest BCUT2D eigenvalue weighted by Crippen LogP contribution is -2.30. The molecule has 42 heavy (non-hydrogen) atoms. The van der Waals surface area contributed by atoms with Crippen LogP contribution in [0, 0.1) is 12.7 Å². The van der Waals surface area contributed by atoms with Gasteiger partial charge in [-0.25, -0.2) is 4.39 Å². The predicted octanol–water partition coefficient (Wildman–Crippen LogP) is 7.20. The maximum Gasteiger partial charge on any atom is 0.416 e. The molecule has 0 fully saturated rings. The minimum Gasteiger partial charge on any atom is -0.489 e. The number of carbonyl (C=O) groups excluding carboxylic acids is 1. The molecule has 0 aromatic heterocycles. The van der Waals surface area contributed by atoms with Crippen molar-refractivity contribution in [3.05, 3.63) is 119 Å². The number of rotatable bonds is 12. The molecule has 0 radical (unpaired) electrons. The van der Waals surface area contributed by atoms with Gasteiger partial charge in [0.1, 0.15) is 30.5 Å². The Morgan fingerprint density at radius 1 is 0.833 bits per heavy atom. The third kappa shape index (κ3) is 8.57. The molecule has 0 unspecified atom stereocenters. The van der Waals surface area contributed by atoms with Crippen LogP contribution in [0.25, 0.3) is 11.1 Å². The summed E-state index contributed by atoms with van der Waals surface area (Å²) >= 11 is 0. The average molecular weight is 581 g/mol. The second-order valence-electron chi connectivity index (χ2n) is 9.81. The van der Waals surface area contributed by atoms with Gasteiger partial charge in [0.05, 0.1) is 5.56 Å².